The molecule has 251 valence electrons. The fraction of sp³-hybridized carbons (Fsp3) is 0.390. The standard InChI is InChI=1S/C26H21N2O.C15H28O2.Ir/c1-26(2,3)21-13-19(12-17-8-4-6-10-20(17)21)22-15-23(28-16-27-22)25-14-18-9-5-7-11-24(18)29-25;1-7-14(5,8-2)12(16)11-13(17)15(6,9-3)10-4;/h4-11,13-16H,1-3H3;11,16H,7-10H2,1-6H3;/q-1;;/b;12-11-;. The first-order chi connectivity index (χ1) is 21.8. The second kappa shape index (κ2) is 15.5. The van der Waals surface area contributed by atoms with Gasteiger partial charge in [-0.3, -0.25) is 9.78 Å². The number of fused-ring (bicyclic) bond motifs is 2. The van der Waals surface area contributed by atoms with Crippen LogP contribution in [0.2, 0.25) is 0 Å². The number of carbonyl (C=O) groups excluding carboxylic acids is 1. The second-order valence-electron chi connectivity index (χ2n) is 13.8. The van der Waals surface area contributed by atoms with Crippen molar-refractivity contribution in [1.82, 2.24) is 9.97 Å². The zero-order chi connectivity index (χ0) is 33.7. The van der Waals surface area contributed by atoms with Crippen LogP contribution in [0, 0.1) is 16.9 Å². The summed E-state index contributed by atoms with van der Waals surface area (Å²) >= 11 is 0. The van der Waals surface area contributed by atoms with E-state index in [-0.39, 0.29) is 47.9 Å². The van der Waals surface area contributed by atoms with E-state index in [4.69, 9.17) is 4.42 Å². The van der Waals surface area contributed by atoms with Gasteiger partial charge < -0.3 is 9.52 Å². The molecule has 0 bridgehead atoms. The fourth-order valence-corrected chi connectivity index (χ4v) is 5.42. The van der Waals surface area contributed by atoms with E-state index < -0.39 is 0 Å². The summed E-state index contributed by atoms with van der Waals surface area (Å²) in [5.41, 5.74) is 4.12. The minimum absolute atomic E-state index is 0. The number of ketones is 1. The van der Waals surface area contributed by atoms with Gasteiger partial charge in [-0.15, -0.1) is 29.1 Å². The third-order valence-corrected chi connectivity index (χ3v) is 9.81. The maximum Gasteiger partial charge on any atom is 0.164 e. The Kier molecular flexibility index (Phi) is 12.5. The molecule has 5 aromatic rings. The van der Waals surface area contributed by atoms with Gasteiger partial charge in [-0.05, 0) is 49.3 Å². The van der Waals surface area contributed by atoms with Crippen LogP contribution in [0.1, 0.15) is 93.6 Å². The number of hydrogen-bond donors (Lipinski definition) is 1. The largest absolute Gasteiger partial charge is 0.512 e. The summed E-state index contributed by atoms with van der Waals surface area (Å²) in [6, 6.07) is 26.1. The Labute approximate surface area is 294 Å². The number of benzene rings is 3. The normalized spacial score (nSPS) is 12.4. The molecule has 2 heterocycles. The van der Waals surface area contributed by atoms with E-state index in [0.29, 0.717) is 0 Å². The van der Waals surface area contributed by atoms with Gasteiger partial charge in [0, 0.05) is 48.1 Å². The Bertz CT molecular complexity index is 1810. The molecule has 1 radical (unpaired) electrons. The van der Waals surface area contributed by atoms with Gasteiger partial charge in [-0.2, -0.15) is 0 Å². The van der Waals surface area contributed by atoms with Crippen LogP contribution in [0.3, 0.4) is 0 Å². The molecule has 1 N–H and O–H groups in total. The van der Waals surface area contributed by atoms with Crippen LogP contribution in [-0.2, 0) is 30.3 Å². The van der Waals surface area contributed by atoms with Gasteiger partial charge in [0.25, 0.3) is 0 Å². The first-order valence-corrected chi connectivity index (χ1v) is 16.5. The number of aliphatic hydroxyl groups excluding tert-OH is 1. The van der Waals surface area contributed by atoms with E-state index in [9.17, 15) is 9.90 Å². The molecule has 0 amide bonds. The predicted molar refractivity (Wildman–Crippen MR) is 191 cm³/mol. The molecule has 0 fully saturated rings. The zero-order valence-electron chi connectivity index (χ0n) is 29.3. The fourth-order valence-electron chi connectivity index (χ4n) is 5.42. The van der Waals surface area contributed by atoms with E-state index in [1.54, 1.807) is 6.33 Å². The van der Waals surface area contributed by atoms with Crippen LogP contribution in [0.4, 0.5) is 0 Å². The van der Waals surface area contributed by atoms with Gasteiger partial charge in [-0.1, -0.05) is 110 Å². The molecule has 0 saturated carbocycles. The molecule has 6 heteroatoms. The van der Waals surface area contributed by atoms with E-state index >= 15 is 0 Å². The predicted octanol–water partition coefficient (Wildman–Crippen LogP) is 11.5. The molecular weight excluding hydrogens is 761 g/mol. The molecule has 2 aromatic heterocycles. The monoisotopic (exact) mass is 810 g/mol. The molecule has 0 atom stereocenters. The first-order valence-electron chi connectivity index (χ1n) is 16.5. The van der Waals surface area contributed by atoms with Crippen molar-refractivity contribution in [2.24, 2.45) is 10.8 Å². The van der Waals surface area contributed by atoms with Crippen LogP contribution < -0.4 is 0 Å². The summed E-state index contributed by atoms with van der Waals surface area (Å²) in [6.07, 6.45) is 6.35. The molecule has 5 rings (SSSR count). The molecule has 0 saturated heterocycles. The molecule has 0 unspecified atom stereocenters. The first kappa shape index (κ1) is 37.9. The second-order valence-corrected chi connectivity index (χ2v) is 13.8. The Morgan fingerprint density at radius 1 is 0.809 bits per heavy atom. The topological polar surface area (TPSA) is 76.2 Å². The van der Waals surface area contributed by atoms with Crippen LogP contribution in [0.25, 0.3) is 44.5 Å². The van der Waals surface area contributed by atoms with E-state index in [1.807, 2.05) is 77.9 Å². The Hall–Kier alpha value is -3.60. The summed E-state index contributed by atoms with van der Waals surface area (Å²) in [7, 11) is 0. The van der Waals surface area contributed by atoms with Crippen molar-refractivity contribution in [2.75, 3.05) is 0 Å². The maximum absolute atomic E-state index is 12.2. The third-order valence-electron chi connectivity index (χ3n) is 9.81. The number of carbonyl (C=O) groups is 1. The maximum atomic E-state index is 12.2. The van der Waals surface area contributed by atoms with Crippen molar-refractivity contribution < 1.29 is 34.4 Å². The number of furan rings is 1. The van der Waals surface area contributed by atoms with Crippen molar-refractivity contribution in [3.05, 3.63) is 96.5 Å². The van der Waals surface area contributed by atoms with Crippen molar-refractivity contribution in [3.63, 3.8) is 0 Å². The minimum Gasteiger partial charge on any atom is -0.512 e. The number of nitrogens with zero attached hydrogens (tertiary/aromatic N) is 2. The zero-order valence-corrected chi connectivity index (χ0v) is 31.7. The van der Waals surface area contributed by atoms with Crippen molar-refractivity contribution >= 4 is 27.5 Å². The molecule has 3 aromatic carbocycles. The Morgan fingerprint density at radius 2 is 1.40 bits per heavy atom. The number of rotatable bonds is 9. The molecule has 47 heavy (non-hydrogen) atoms. The van der Waals surface area contributed by atoms with Gasteiger partial charge in [0.15, 0.2) is 11.5 Å². The average molecular weight is 810 g/mol. The molecule has 0 spiro atoms. The number of aromatic nitrogens is 2. The average Bonchev–Trinajstić information content (AvgIpc) is 3.51. The van der Waals surface area contributed by atoms with Crippen molar-refractivity contribution in [3.8, 4) is 22.7 Å². The van der Waals surface area contributed by atoms with Crippen LogP contribution >= 0.6 is 0 Å². The van der Waals surface area contributed by atoms with Gasteiger partial charge >= 0.3 is 0 Å². The van der Waals surface area contributed by atoms with Crippen molar-refractivity contribution in [2.45, 2.75) is 93.4 Å². The molecule has 0 aliphatic rings. The summed E-state index contributed by atoms with van der Waals surface area (Å²) < 4.78 is 5.99. The molecule has 0 aliphatic carbocycles. The van der Waals surface area contributed by atoms with Crippen LogP contribution in [0.15, 0.2) is 89.3 Å². The summed E-state index contributed by atoms with van der Waals surface area (Å²) in [5, 5.41) is 13.5. The third kappa shape index (κ3) is 8.47. The Morgan fingerprint density at radius 3 is 2.02 bits per heavy atom. The summed E-state index contributed by atoms with van der Waals surface area (Å²) in [5.74, 6) is 1.03. The van der Waals surface area contributed by atoms with Gasteiger partial charge in [0.2, 0.25) is 0 Å². The minimum atomic E-state index is -0.337. The van der Waals surface area contributed by atoms with Gasteiger partial charge in [0.1, 0.15) is 23.4 Å². The van der Waals surface area contributed by atoms with E-state index in [1.165, 1.54) is 17.0 Å². The van der Waals surface area contributed by atoms with Gasteiger partial charge in [-0.25, -0.2) is 4.98 Å². The van der Waals surface area contributed by atoms with Crippen molar-refractivity contribution in [1.29, 1.82) is 0 Å². The molecule has 0 aliphatic heterocycles. The molecule has 5 nitrogen and oxygen atoms in total. The SMILES string of the molecule is CC(C)(C)c1cc(-c2cc(-c3cc4ccccc4o3)ncn2)[c-]c2ccccc12.CCC(C)(CC)C(=O)/C=C(\O)C(C)(CC)CC.[Ir]. The van der Waals surface area contributed by atoms with E-state index in [0.717, 1.165) is 64.8 Å². The molecular formula is C41H49IrN2O3-. The van der Waals surface area contributed by atoms with Gasteiger partial charge in [0.05, 0.1) is 0 Å². The quantitative estimate of drug-likeness (QED) is 0.0912. The number of aliphatic hydroxyl groups is 1. The summed E-state index contributed by atoms with van der Waals surface area (Å²) in [4.78, 5) is 21.2. The smallest absolute Gasteiger partial charge is 0.164 e. The number of allylic oxidation sites excluding steroid dienone is 2. The van der Waals surface area contributed by atoms with Crippen LogP contribution in [0.5, 0.6) is 0 Å². The van der Waals surface area contributed by atoms with E-state index in [2.05, 4.69) is 67.1 Å². The summed E-state index contributed by atoms with van der Waals surface area (Å²) in [6.45, 7) is 18.8. The van der Waals surface area contributed by atoms with Crippen LogP contribution in [-0.4, -0.2) is 20.9 Å². The number of para-hydroxylation sites is 1. The number of hydrogen-bond acceptors (Lipinski definition) is 5. The Balaban J connectivity index is 0.000000290.